The molecular formula is C26H28ClNO5S2. The maximum Gasteiger partial charge on any atom is 0.309 e. The lowest BCUT2D eigenvalue weighted by molar-refractivity contribution is -0.161. The zero-order valence-electron chi connectivity index (χ0n) is 19.8. The molecule has 2 atom stereocenters. The van der Waals surface area contributed by atoms with Gasteiger partial charge in [0.2, 0.25) is 0 Å². The Balaban J connectivity index is 1.78. The molecule has 3 aromatic rings. The van der Waals surface area contributed by atoms with Gasteiger partial charge in [0.15, 0.2) is 0 Å². The van der Waals surface area contributed by atoms with Gasteiger partial charge in [0, 0.05) is 21.7 Å². The molecule has 6 nitrogen and oxygen atoms in total. The number of hydrogen-bond donors (Lipinski definition) is 1. The average molecular weight is 534 g/mol. The average Bonchev–Trinajstić information content (AvgIpc) is 3.24. The number of ether oxygens (including phenoxy) is 1. The Kier molecular flexibility index (Phi) is 7.12. The van der Waals surface area contributed by atoms with Gasteiger partial charge in [-0.15, -0.1) is 11.8 Å². The van der Waals surface area contributed by atoms with Crippen LogP contribution >= 0.6 is 23.4 Å². The molecule has 2 unspecified atom stereocenters. The Morgan fingerprint density at radius 2 is 1.80 bits per heavy atom. The van der Waals surface area contributed by atoms with E-state index < -0.39 is 27.2 Å². The van der Waals surface area contributed by atoms with Crippen LogP contribution in [0.3, 0.4) is 0 Å². The Bertz CT molecular complexity index is 1310. The van der Waals surface area contributed by atoms with Gasteiger partial charge in [0.25, 0.3) is 10.0 Å². The number of nitrogens with zero attached hydrogens (tertiary/aromatic N) is 1. The molecule has 0 saturated heterocycles. The van der Waals surface area contributed by atoms with Crippen molar-refractivity contribution in [3.8, 4) is 0 Å². The summed E-state index contributed by atoms with van der Waals surface area (Å²) in [7, 11) is -3.92. The first-order chi connectivity index (χ1) is 16.4. The van der Waals surface area contributed by atoms with Crippen molar-refractivity contribution < 1.29 is 23.1 Å². The van der Waals surface area contributed by atoms with Crippen molar-refractivity contribution in [1.29, 1.82) is 0 Å². The van der Waals surface area contributed by atoms with Gasteiger partial charge < -0.3 is 9.84 Å². The van der Waals surface area contributed by atoms with Gasteiger partial charge in [-0.2, -0.15) is 0 Å². The van der Waals surface area contributed by atoms with Crippen molar-refractivity contribution in [2.45, 2.75) is 66.3 Å². The summed E-state index contributed by atoms with van der Waals surface area (Å²) in [5, 5.41) is 12.0. The van der Waals surface area contributed by atoms with E-state index in [0.29, 0.717) is 29.1 Å². The monoisotopic (exact) mass is 533 g/mol. The van der Waals surface area contributed by atoms with Gasteiger partial charge in [-0.3, -0.25) is 4.79 Å². The standard InChI is InChI=1S/C26H28ClNO5S2/c1-25(2,3)33-23(29)17-26(30)15-13-22(34-19-11-9-18(27)10-12-19)24-21(26)14-16-28(24)35(31,32)20-7-5-4-6-8-20/h4-12,14,16,22,30H,13,15,17H2,1-3H3. The Hall–Kier alpha value is -2.26. The van der Waals surface area contributed by atoms with Gasteiger partial charge in [0.1, 0.15) is 11.2 Å². The highest BCUT2D eigenvalue weighted by Gasteiger charge is 2.44. The first-order valence-corrected chi connectivity index (χ1v) is 14.0. The minimum Gasteiger partial charge on any atom is -0.460 e. The first-order valence-electron chi connectivity index (χ1n) is 11.3. The molecule has 2 aromatic carbocycles. The van der Waals surface area contributed by atoms with E-state index in [1.807, 2.05) is 12.1 Å². The third-order valence-corrected chi connectivity index (χ3v) is 9.01. The van der Waals surface area contributed by atoms with E-state index in [1.54, 1.807) is 69.3 Å². The topological polar surface area (TPSA) is 85.6 Å². The summed E-state index contributed by atoms with van der Waals surface area (Å²) in [6.07, 6.45) is 1.96. The summed E-state index contributed by atoms with van der Waals surface area (Å²) in [5.41, 5.74) is -1.33. The van der Waals surface area contributed by atoms with Gasteiger partial charge in [-0.25, -0.2) is 12.4 Å². The lowest BCUT2D eigenvalue weighted by Crippen LogP contribution is -2.37. The van der Waals surface area contributed by atoms with Crippen LogP contribution < -0.4 is 0 Å². The van der Waals surface area contributed by atoms with E-state index in [0.717, 1.165) is 4.90 Å². The van der Waals surface area contributed by atoms with Crippen molar-refractivity contribution in [2.24, 2.45) is 0 Å². The molecule has 9 heteroatoms. The number of carbonyl (C=O) groups is 1. The quantitative estimate of drug-likeness (QED) is 0.395. The van der Waals surface area contributed by atoms with E-state index in [2.05, 4.69) is 0 Å². The lowest BCUT2D eigenvalue weighted by Gasteiger charge is -2.37. The minimum absolute atomic E-state index is 0.148. The molecule has 4 rings (SSSR count). The third kappa shape index (κ3) is 5.61. The Morgan fingerprint density at radius 1 is 1.14 bits per heavy atom. The molecule has 1 aliphatic rings. The molecule has 0 aliphatic heterocycles. The van der Waals surface area contributed by atoms with Crippen LogP contribution in [0.1, 0.15) is 56.5 Å². The van der Waals surface area contributed by atoms with Crippen LogP contribution in [0.5, 0.6) is 0 Å². The number of aliphatic hydroxyl groups is 1. The number of fused-ring (bicyclic) bond motifs is 1. The Labute approximate surface area is 215 Å². The fourth-order valence-corrected chi connectivity index (χ4v) is 7.12. The molecule has 1 aliphatic carbocycles. The van der Waals surface area contributed by atoms with E-state index in [1.165, 1.54) is 21.9 Å². The second-order valence-corrected chi connectivity index (χ2v) is 13.1. The predicted octanol–water partition coefficient (Wildman–Crippen LogP) is 5.93. The molecule has 186 valence electrons. The molecule has 0 fully saturated rings. The van der Waals surface area contributed by atoms with Crippen LogP contribution in [-0.4, -0.2) is 29.1 Å². The zero-order valence-corrected chi connectivity index (χ0v) is 22.2. The van der Waals surface area contributed by atoms with Crippen molar-refractivity contribution in [3.05, 3.63) is 83.1 Å². The molecule has 1 aromatic heterocycles. The number of esters is 1. The number of benzene rings is 2. The highest BCUT2D eigenvalue weighted by atomic mass is 35.5. The molecule has 0 spiro atoms. The van der Waals surface area contributed by atoms with Gasteiger partial charge in [0.05, 0.1) is 22.3 Å². The van der Waals surface area contributed by atoms with Crippen LogP contribution in [-0.2, 0) is 25.2 Å². The van der Waals surface area contributed by atoms with E-state index in [4.69, 9.17) is 16.3 Å². The first kappa shape index (κ1) is 25.8. The normalized spacial score (nSPS) is 20.3. The van der Waals surface area contributed by atoms with E-state index in [9.17, 15) is 18.3 Å². The minimum atomic E-state index is -3.92. The van der Waals surface area contributed by atoms with Crippen molar-refractivity contribution in [2.75, 3.05) is 0 Å². The zero-order chi connectivity index (χ0) is 25.4. The molecular weight excluding hydrogens is 506 g/mol. The van der Waals surface area contributed by atoms with Gasteiger partial charge in [-0.1, -0.05) is 29.8 Å². The Morgan fingerprint density at radius 3 is 2.43 bits per heavy atom. The summed E-state index contributed by atoms with van der Waals surface area (Å²) in [6, 6.07) is 17.1. The number of rotatable bonds is 6. The number of halogens is 1. The third-order valence-electron chi connectivity index (χ3n) is 5.77. The highest BCUT2D eigenvalue weighted by Crippen LogP contribution is 2.51. The maximum atomic E-state index is 13.6. The molecule has 1 N–H and O–H groups in total. The largest absolute Gasteiger partial charge is 0.460 e. The van der Waals surface area contributed by atoms with Gasteiger partial charge in [-0.05, 0) is 76.1 Å². The van der Waals surface area contributed by atoms with Crippen LogP contribution in [0.2, 0.25) is 5.02 Å². The summed E-state index contributed by atoms with van der Waals surface area (Å²) in [6.45, 7) is 5.30. The van der Waals surface area contributed by atoms with Crippen LogP contribution in [0, 0.1) is 0 Å². The summed E-state index contributed by atoms with van der Waals surface area (Å²) < 4.78 is 33.9. The van der Waals surface area contributed by atoms with Crippen LogP contribution in [0.25, 0.3) is 0 Å². The second kappa shape index (κ2) is 9.65. The van der Waals surface area contributed by atoms with Crippen LogP contribution in [0.4, 0.5) is 0 Å². The van der Waals surface area contributed by atoms with E-state index in [-0.39, 0.29) is 16.6 Å². The fourth-order valence-electron chi connectivity index (χ4n) is 4.28. The lowest BCUT2D eigenvalue weighted by atomic mass is 9.80. The predicted molar refractivity (Wildman–Crippen MR) is 137 cm³/mol. The summed E-state index contributed by atoms with van der Waals surface area (Å²) >= 11 is 7.54. The van der Waals surface area contributed by atoms with Crippen molar-refractivity contribution in [1.82, 2.24) is 3.97 Å². The number of thioether (sulfide) groups is 1. The number of aromatic nitrogens is 1. The second-order valence-electron chi connectivity index (χ2n) is 9.62. The molecule has 0 bridgehead atoms. The fraction of sp³-hybridized carbons (Fsp3) is 0.346. The molecule has 0 radical (unpaired) electrons. The molecule has 35 heavy (non-hydrogen) atoms. The molecule has 0 saturated carbocycles. The molecule has 0 amide bonds. The maximum absolute atomic E-state index is 13.6. The highest BCUT2D eigenvalue weighted by molar-refractivity contribution is 7.99. The SMILES string of the molecule is CC(C)(C)OC(=O)CC1(O)CCC(Sc2ccc(Cl)cc2)c2c1ccn2S(=O)(=O)c1ccccc1. The number of hydrogen-bond acceptors (Lipinski definition) is 6. The smallest absolute Gasteiger partial charge is 0.309 e. The summed E-state index contributed by atoms with van der Waals surface area (Å²) in [5.74, 6) is -0.534. The van der Waals surface area contributed by atoms with Crippen molar-refractivity contribution in [3.63, 3.8) is 0 Å². The van der Waals surface area contributed by atoms with E-state index >= 15 is 0 Å². The van der Waals surface area contributed by atoms with Crippen LogP contribution in [0.15, 0.2) is 76.7 Å². The van der Waals surface area contributed by atoms with Gasteiger partial charge >= 0.3 is 5.97 Å². The summed E-state index contributed by atoms with van der Waals surface area (Å²) in [4.78, 5) is 13.7. The number of carbonyl (C=O) groups excluding carboxylic acids is 1. The van der Waals surface area contributed by atoms with Crippen molar-refractivity contribution >= 4 is 39.4 Å². The molecule has 1 heterocycles.